The SMILES string of the molecule is [AlH2][NH][Si](Cl)(Cl)Cl. The molecule has 6 heavy (non-hydrogen) atoms. The molecule has 0 aliphatic carbocycles. The van der Waals surface area contributed by atoms with Crippen molar-refractivity contribution in [2.75, 3.05) is 0 Å². The Bertz CT molecular complexity index is 40.5. The van der Waals surface area contributed by atoms with Crippen molar-refractivity contribution in [1.82, 2.24) is 3.97 Å². The summed E-state index contributed by atoms with van der Waals surface area (Å²) in [5.74, 6) is 0. The zero-order valence-electron chi connectivity index (χ0n) is 3.13. The fourth-order valence-corrected chi connectivity index (χ4v) is 0. The molecule has 0 amide bonds. The first-order chi connectivity index (χ1) is 2.56. The van der Waals surface area contributed by atoms with Gasteiger partial charge in [-0.3, -0.25) is 0 Å². The molecule has 0 saturated heterocycles. The van der Waals surface area contributed by atoms with Crippen LogP contribution >= 0.6 is 33.2 Å². The monoisotopic (exact) mass is 177 g/mol. The van der Waals surface area contributed by atoms with Crippen LogP contribution in [0.5, 0.6) is 0 Å². The molecule has 0 aliphatic rings. The highest BCUT2D eigenvalue weighted by Gasteiger charge is 2.19. The number of hydrogen-bond acceptors (Lipinski definition) is 1. The van der Waals surface area contributed by atoms with Crippen LogP contribution < -0.4 is 3.97 Å². The Balaban J connectivity index is 3.17. The Morgan fingerprint density at radius 3 is 1.50 bits per heavy atom. The van der Waals surface area contributed by atoms with E-state index in [1.807, 2.05) is 0 Å². The van der Waals surface area contributed by atoms with Crippen LogP contribution in [0.25, 0.3) is 0 Å². The van der Waals surface area contributed by atoms with Crippen LogP contribution in [0.3, 0.4) is 0 Å². The van der Waals surface area contributed by atoms with Gasteiger partial charge >= 0.3 is 22.7 Å². The first kappa shape index (κ1) is 7.58. The van der Waals surface area contributed by atoms with E-state index in [4.69, 9.17) is 33.2 Å². The maximum absolute atomic E-state index is 5.31. The molecule has 1 nitrogen and oxygen atoms in total. The summed E-state index contributed by atoms with van der Waals surface area (Å²) in [7, 11) is 0. The molecule has 0 bridgehead atoms. The topological polar surface area (TPSA) is 12.0 Å². The van der Waals surface area contributed by atoms with Gasteiger partial charge < -0.3 is 3.97 Å². The molecule has 0 spiro atoms. The van der Waals surface area contributed by atoms with Gasteiger partial charge in [-0.25, -0.2) is 0 Å². The molecule has 0 radical (unpaired) electrons. The van der Waals surface area contributed by atoms with Gasteiger partial charge in [0, 0.05) is 0 Å². The van der Waals surface area contributed by atoms with Gasteiger partial charge in [0.1, 0.15) is 0 Å². The lowest BCUT2D eigenvalue weighted by Gasteiger charge is -2.01. The molecule has 0 aromatic carbocycles. The number of hydrogen-bond donors (Lipinski definition) is 1. The second-order valence-electron chi connectivity index (χ2n) is 0.748. The highest BCUT2D eigenvalue weighted by molar-refractivity contribution is 7.64. The molecule has 0 rings (SSSR count). The fraction of sp³-hybridized carbons (Fsp3) is 0. The van der Waals surface area contributed by atoms with E-state index in [2.05, 4.69) is 3.97 Å². The van der Waals surface area contributed by atoms with E-state index in [1.54, 1.807) is 0 Å². The van der Waals surface area contributed by atoms with Gasteiger partial charge in [0.05, 0.1) is 0 Å². The Labute approximate surface area is 59.8 Å². The van der Waals surface area contributed by atoms with E-state index in [-0.39, 0.29) is 0 Å². The van der Waals surface area contributed by atoms with Crippen LogP contribution in [0, 0.1) is 0 Å². The molecule has 36 valence electrons. The van der Waals surface area contributed by atoms with Crippen molar-refractivity contribution in [3.05, 3.63) is 0 Å². The normalized spacial score (nSPS) is 11.8. The molecule has 0 heterocycles. The molecule has 0 atom stereocenters. The predicted molar refractivity (Wildman–Crippen MR) is 35.0 cm³/mol. The minimum atomic E-state index is -2.40. The van der Waals surface area contributed by atoms with Crippen LogP contribution in [-0.2, 0) is 0 Å². The molecule has 1 N–H and O–H groups in total. The van der Waals surface area contributed by atoms with Crippen LogP contribution in [0.4, 0.5) is 0 Å². The number of rotatable bonds is 1. The fourth-order valence-electron chi connectivity index (χ4n) is 0. The van der Waals surface area contributed by atoms with Crippen molar-refractivity contribution in [1.29, 1.82) is 0 Å². The van der Waals surface area contributed by atoms with Crippen molar-refractivity contribution in [3.63, 3.8) is 0 Å². The van der Waals surface area contributed by atoms with E-state index in [1.165, 1.54) is 0 Å². The quantitative estimate of drug-likeness (QED) is 0.449. The Morgan fingerprint density at radius 1 is 1.33 bits per heavy atom. The summed E-state index contributed by atoms with van der Waals surface area (Å²) in [6, 6.07) is 0. The van der Waals surface area contributed by atoms with Crippen molar-refractivity contribution < 1.29 is 0 Å². The summed E-state index contributed by atoms with van der Waals surface area (Å²) in [6.45, 7) is 0. The molecular weight excluding hydrogens is 175 g/mol. The summed E-state index contributed by atoms with van der Waals surface area (Å²) in [5, 5.41) is 0. The van der Waals surface area contributed by atoms with E-state index < -0.39 is 6.16 Å². The van der Waals surface area contributed by atoms with Crippen molar-refractivity contribution in [2.45, 2.75) is 0 Å². The minimum absolute atomic E-state index is 0.764. The highest BCUT2D eigenvalue weighted by atomic mass is 35.8. The average Bonchev–Trinajstić information content (AvgIpc) is 1.35. The van der Waals surface area contributed by atoms with E-state index in [9.17, 15) is 0 Å². The van der Waals surface area contributed by atoms with E-state index in [0.717, 1.165) is 16.5 Å². The molecule has 0 aromatic heterocycles. The molecular formula is H3AlCl3NSi. The minimum Gasteiger partial charge on any atom is -0.390 e. The average molecular weight is 178 g/mol. The van der Waals surface area contributed by atoms with Gasteiger partial charge in [0.2, 0.25) is 0 Å². The predicted octanol–water partition coefficient (Wildman–Crippen LogP) is 0.276. The summed E-state index contributed by atoms with van der Waals surface area (Å²) < 4.78 is 2.68. The maximum atomic E-state index is 5.31. The lowest BCUT2D eigenvalue weighted by Crippen LogP contribution is -2.31. The van der Waals surface area contributed by atoms with Gasteiger partial charge in [0.15, 0.2) is 0 Å². The first-order valence-corrected chi connectivity index (χ1v) is 7.35. The summed E-state index contributed by atoms with van der Waals surface area (Å²) >= 11 is 16.7. The van der Waals surface area contributed by atoms with E-state index >= 15 is 0 Å². The summed E-state index contributed by atoms with van der Waals surface area (Å²) in [4.78, 5) is 0. The van der Waals surface area contributed by atoms with Crippen LogP contribution in [0.1, 0.15) is 0 Å². The maximum Gasteiger partial charge on any atom is 0.400 e. The van der Waals surface area contributed by atoms with Crippen LogP contribution in [-0.4, -0.2) is 22.7 Å². The zero-order chi connectivity index (χ0) is 5.21. The first-order valence-electron chi connectivity index (χ1n) is 1.32. The Morgan fingerprint density at radius 2 is 1.50 bits per heavy atom. The van der Waals surface area contributed by atoms with Gasteiger partial charge in [-0.05, 0) is 0 Å². The summed E-state index contributed by atoms with van der Waals surface area (Å²) in [5.41, 5.74) is 0. The number of nitrogens with one attached hydrogen (secondary N) is 1. The lowest BCUT2D eigenvalue weighted by atomic mass is 13.9. The number of halogens is 3. The van der Waals surface area contributed by atoms with Gasteiger partial charge in [-0.1, -0.05) is 0 Å². The zero-order valence-corrected chi connectivity index (χ0v) is 8.40. The van der Waals surface area contributed by atoms with Crippen molar-refractivity contribution in [2.24, 2.45) is 0 Å². The molecule has 6 heteroatoms. The third kappa shape index (κ3) is 5.58. The molecule has 0 unspecified atom stereocenters. The van der Waals surface area contributed by atoms with Gasteiger partial charge in [-0.15, -0.1) is 33.2 Å². The van der Waals surface area contributed by atoms with E-state index in [0.29, 0.717) is 0 Å². The van der Waals surface area contributed by atoms with Crippen molar-refractivity contribution >= 4 is 55.9 Å². The molecule has 0 aliphatic heterocycles. The van der Waals surface area contributed by atoms with Crippen LogP contribution in [0.15, 0.2) is 0 Å². The van der Waals surface area contributed by atoms with Crippen LogP contribution in [0.2, 0.25) is 0 Å². The standard InChI is InChI=1S/Al.Cl3HNSi.2H/c;1-5(2,3)4;;/h;4H;;/q+1;-1;;. The second-order valence-corrected chi connectivity index (χ2v) is 10.6. The highest BCUT2D eigenvalue weighted by Crippen LogP contribution is 2.13. The van der Waals surface area contributed by atoms with Gasteiger partial charge in [0.25, 0.3) is 0 Å². The third-order valence-corrected chi connectivity index (χ3v) is 7.65. The largest absolute Gasteiger partial charge is 0.400 e. The lowest BCUT2D eigenvalue weighted by molar-refractivity contribution is 1.64. The molecule has 0 fully saturated rings. The smallest absolute Gasteiger partial charge is 0.390 e. The second kappa shape index (κ2) is 2.78. The Kier molecular flexibility index (Phi) is 3.51. The van der Waals surface area contributed by atoms with Crippen molar-refractivity contribution in [3.8, 4) is 0 Å². The molecule has 0 saturated carbocycles. The third-order valence-electron chi connectivity index (χ3n) is 0.283. The molecule has 0 aromatic rings. The van der Waals surface area contributed by atoms with Gasteiger partial charge in [-0.2, -0.15) is 0 Å². The summed E-state index contributed by atoms with van der Waals surface area (Å²) in [6.07, 6.45) is -2.40. The Hall–Kier alpha value is 1.58.